The normalized spacial score (nSPS) is 15.2. The molecule has 0 saturated carbocycles. The van der Waals surface area contributed by atoms with Gasteiger partial charge >= 0.3 is 0 Å². The Labute approximate surface area is 206 Å². The number of aromatic hydroxyl groups is 2. The Morgan fingerprint density at radius 2 is 1.12 bits per heavy atom. The SMILES string of the molecule is Cc1cc(O)c(-c2ccccc2)cc1C1(c2cc(-c3ccccc3)c(O)cc2C)CCCCS1. The topological polar surface area (TPSA) is 40.5 Å². The largest absolute Gasteiger partial charge is 0.507 e. The molecular formula is C31H30O2S. The summed E-state index contributed by atoms with van der Waals surface area (Å²) in [5.41, 5.74) is 8.47. The molecular weight excluding hydrogens is 436 g/mol. The van der Waals surface area contributed by atoms with Gasteiger partial charge in [0.1, 0.15) is 11.5 Å². The van der Waals surface area contributed by atoms with Gasteiger partial charge in [0.2, 0.25) is 0 Å². The van der Waals surface area contributed by atoms with E-state index in [4.69, 9.17) is 0 Å². The van der Waals surface area contributed by atoms with Crippen LogP contribution < -0.4 is 0 Å². The average molecular weight is 467 g/mol. The van der Waals surface area contributed by atoms with Gasteiger partial charge in [-0.3, -0.25) is 0 Å². The molecule has 4 aromatic rings. The van der Waals surface area contributed by atoms with Crippen LogP contribution in [-0.4, -0.2) is 16.0 Å². The van der Waals surface area contributed by atoms with Crippen molar-refractivity contribution in [2.75, 3.05) is 5.75 Å². The molecule has 0 aliphatic carbocycles. The molecule has 1 aliphatic heterocycles. The van der Waals surface area contributed by atoms with Crippen molar-refractivity contribution in [3.63, 3.8) is 0 Å². The third-order valence-electron chi connectivity index (χ3n) is 7.00. The molecule has 0 amide bonds. The van der Waals surface area contributed by atoms with Crippen molar-refractivity contribution in [1.82, 2.24) is 0 Å². The van der Waals surface area contributed by atoms with E-state index >= 15 is 0 Å². The minimum Gasteiger partial charge on any atom is -0.507 e. The third-order valence-corrected chi connectivity index (χ3v) is 8.63. The van der Waals surface area contributed by atoms with E-state index in [0.29, 0.717) is 11.5 Å². The van der Waals surface area contributed by atoms with Gasteiger partial charge in [-0.2, -0.15) is 0 Å². The Morgan fingerprint density at radius 3 is 1.53 bits per heavy atom. The first-order chi connectivity index (χ1) is 16.5. The van der Waals surface area contributed by atoms with Crippen LogP contribution in [0.1, 0.15) is 41.5 Å². The Hall–Kier alpha value is -3.17. The van der Waals surface area contributed by atoms with E-state index in [1.54, 1.807) is 0 Å². The van der Waals surface area contributed by atoms with E-state index in [2.05, 4.69) is 26.0 Å². The summed E-state index contributed by atoms with van der Waals surface area (Å²) in [6.07, 6.45) is 3.38. The lowest BCUT2D eigenvalue weighted by molar-refractivity contribution is 0.475. The fourth-order valence-electron chi connectivity index (χ4n) is 5.32. The van der Waals surface area contributed by atoms with E-state index in [1.165, 1.54) is 17.5 Å². The van der Waals surface area contributed by atoms with Gasteiger partial charge in [0.25, 0.3) is 0 Å². The van der Waals surface area contributed by atoms with E-state index in [-0.39, 0.29) is 4.75 Å². The highest BCUT2D eigenvalue weighted by Crippen LogP contribution is 2.54. The van der Waals surface area contributed by atoms with Crippen molar-refractivity contribution >= 4 is 11.8 Å². The number of thioether (sulfide) groups is 1. The highest BCUT2D eigenvalue weighted by atomic mass is 32.2. The van der Waals surface area contributed by atoms with E-state index in [0.717, 1.165) is 52.0 Å². The zero-order valence-electron chi connectivity index (χ0n) is 19.7. The molecule has 4 aromatic carbocycles. The highest BCUT2D eigenvalue weighted by Gasteiger charge is 2.40. The molecule has 0 spiro atoms. The number of phenols is 2. The van der Waals surface area contributed by atoms with Crippen LogP contribution in [0.4, 0.5) is 0 Å². The predicted molar refractivity (Wildman–Crippen MR) is 144 cm³/mol. The molecule has 1 fully saturated rings. The Morgan fingerprint density at radius 1 is 0.647 bits per heavy atom. The van der Waals surface area contributed by atoms with Crippen LogP contribution in [0.15, 0.2) is 84.9 Å². The molecule has 1 saturated heterocycles. The lowest BCUT2D eigenvalue weighted by Gasteiger charge is -2.40. The molecule has 0 atom stereocenters. The monoisotopic (exact) mass is 466 g/mol. The second-order valence-corrected chi connectivity index (χ2v) is 10.6. The summed E-state index contributed by atoms with van der Waals surface area (Å²) in [5.74, 6) is 1.72. The Bertz CT molecular complexity index is 1210. The summed E-state index contributed by atoms with van der Waals surface area (Å²) in [5, 5.41) is 21.7. The van der Waals surface area contributed by atoms with Crippen molar-refractivity contribution < 1.29 is 10.2 Å². The average Bonchev–Trinajstić information content (AvgIpc) is 2.85. The summed E-state index contributed by atoms with van der Waals surface area (Å²) in [7, 11) is 0. The molecule has 34 heavy (non-hydrogen) atoms. The van der Waals surface area contributed by atoms with Crippen molar-refractivity contribution in [2.24, 2.45) is 0 Å². The first kappa shape index (κ1) is 22.6. The van der Waals surface area contributed by atoms with Crippen LogP contribution in [0.3, 0.4) is 0 Å². The maximum Gasteiger partial charge on any atom is 0.123 e. The van der Waals surface area contributed by atoms with Gasteiger partial charge in [0, 0.05) is 11.1 Å². The van der Waals surface area contributed by atoms with Crippen LogP contribution in [0, 0.1) is 13.8 Å². The van der Waals surface area contributed by atoms with Gasteiger partial charge in [-0.05, 0) is 90.1 Å². The fourth-order valence-corrected chi connectivity index (χ4v) is 7.05. The molecule has 3 heteroatoms. The molecule has 5 rings (SSSR count). The lowest BCUT2D eigenvalue weighted by atomic mass is 9.79. The maximum absolute atomic E-state index is 10.9. The van der Waals surface area contributed by atoms with Gasteiger partial charge in [-0.15, -0.1) is 11.8 Å². The van der Waals surface area contributed by atoms with Crippen LogP contribution in [0.25, 0.3) is 22.3 Å². The number of rotatable bonds is 4. The lowest BCUT2D eigenvalue weighted by Crippen LogP contribution is -2.29. The second kappa shape index (κ2) is 9.23. The summed E-state index contributed by atoms with van der Waals surface area (Å²) < 4.78 is -0.235. The van der Waals surface area contributed by atoms with Crippen LogP contribution in [-0.2, 0) is 4.75 Å². The van der Waals surface area contributed by atoms with Gasteiger partial charge in [-0.1, -0.05) is 67.1 Å². The van der Waals surface area contributed by atoms with Crippen molar-refractivity contribution in [2.45, 2.75) is 37.9 Å². The standard InChI is InChI=1S/C31H30O2S/c1-21-17-29(32)25(23-11-5-3-6-12-23)19-27(21)31(15-9-10-16-34-31)28-20-26(30(33)18-22(28)2)24-13-7-4-8-14-24/h3-8,11-14,17-20,32-33H,9-10,15-16H2,1-2H3. The molecule has 0 aromatic heterocycles. The van der Waals surface area contributed by atoms with Gasteiger partial charge in [0.05, 0.1) is 4.75 Å². The first-order valence-electron chi connectivity index (χ1n) is 11.9. The van der Waals surface area contributed by atoms with Gasteiger partial charge < -0.3 is 10.2 Å². The third kappa shape index (κ3) is 3.99. The number of hydrogen-bond acceptors (Lipinski definition) is 3. The fraction of sp³-hybridized carbons (Fsp3) is 0.226. The molecule has 0 bridgehead atoms. The number of phenolic OH excluding ortho intramolecular Hbond substituents is 2. The van der Waals surface area contributed by atoms with Crippen LogP contribution >= 0.6 is 11.8 Å². The highest BCUT2D eigenvalue weighted by molar-refractivity contribution is 8.00. The molecule has 172 valence electrons. The van der Waals surface area contributed by atoms with E-state index < -0.39 is 0 Å². The Balaban J connectivity index is 1.75. The smallest absolute Gasteiger partial charge is 0.123 e. The van der Waals surface area contributed by atoms with Crippen molar-refractivity contribution in [3.8, 4) is 33.8 Å². The van der Waals surface area contributed by atoms with E-state index in [1.807, 2.05) is 84.6 Å². The summed E-state index contributed by atoms with van der Waals surface area (Å²) in [6.45, 7) is 4.21. The summed E-state index contributed by atoms with van der Waals surface area (Å²) >= 11 is 2.00. The van der Waals surface area contributed by atoms with Crippen LogP contribution in [0.5, 0.6) is 11.5 Å². The second-order valence-electron chi connectivity index (χ2n) is 9.23. The maximum atomic E-state index is 10.9. The van der Waals surface area contributed by atoms with E-state index in [9.17, 15) is 10.2 Å². The zero-order valence-corrected chi connectivity index (χ0v) is 20.5. The number of hydrogen-bond donors (Lipinski definition) is 2. The van der Waals surface area contributed by atoms with Crippen molar-refractivity contribution in [1.29, 1.82) is 0 Å². The van der Waals surface area contributed by atoms with Gasteiger partial charge in [-0.25, -0.2) is 0 Å². The Kier molecular flexibility index (Phi) is 6.14. The minimum absolute atomic E-state index is 0.235. The number of aryl methyl sites for hydroxylation is 2. The summed E-state index contributed by atoms with van der Waals surface area (Å²) in [6, 6.07) is 28.5. The van der Waals surface area contributed by atoms with Crippen molar-refractivity contribution in [3.05, 3.63) is 107 Å². The molecule has 1 aliphatic rings. The predicted octanol–water partition coefficient (Wildman–Crippen LogP) is 8.21. The first-order valence-corrected chi connectivity index (χ1v) is 12.9. The van der Waals surface area contributed by atoms with Gasteiger partial charge in [0.15, 0.2) is 0 Å². The quantitative estimate of drug-likeness (QED) is 0.318. The molecule has 0 radical (unpaired) electrons. The minimum atomic E-state index is -0.235. The molecule has 0 unspecified atom stereocenters. The zero-order chi connectivity index (χ0) is 23.7. The summed E-state index contributed by atoms with van der Waals surface area (Å²) in [4.78, 5) is 0. The molecule has 1 heterocycles. The number of benzene rings is 4. The van der Waals surface area contributed by atoms with Crippen LogP contribution in [0.2, 0.25) is 0 Å². The molecule has 2 N–H and O–H groups in total. The molecule has 2 nitrogen and oxygen atoms in total.